The van der Waals surface area contributed by atoms with E-state index in [-0.39, 0.29) is 0 Å². The van der Waals surface area contributed by atoms with Gasteiger partial charge in [-0.15, -0.1) is 0 Å². The predicted octanol–water partition coefficient (Wildman–Crippen LogP) is 2.26. The van der Waals surface area contributed by atoms with Gasteiger partial charge >= 0.3 is 0 Å². The molecule has 2 heterocycles. The maximum Gasteiger partial charge on any atom is 0.221 e. The van der Waals surface area contributed by atoms with Gasteiger partial charge in [0.2, 0.25) is 5.88 Å². The van der Waals surface area contributed by atoms with Crippen molar-refractivity contribution in [3.63, 3.8) is 0 Å². The predicted molar refractivity (Wildman–Crippen MR) is 86.0 cm³/mol. The number of nitrogens with one attached hydrogen (secondary N) is 1. The summed E-state index contributed by atoms with van der Waals surface area (Å²) < 4.78 is 5.30. The fraction of sp³-hybridized carbons (Fsp3) is 0.750. The Morgan fingerprint density at radius 2 is 2.24 bits per heavy atom. The van der Waals surface area contributed by atoms with Gasteiger partial charge in [-0.25, -0.2) is 9.97 Å². The van der Waals surface area contributed by atoms with Gasteiger partial charge in [0, 0.05) is 13.1 Å². The van der Waals surface area contributed by atoms with Crippen LogP contribution in [0.25, 0.3) is 0 Å². The highest BCUT2D eigenvalue weighted by Crippen LogP contribution is 2.27. The van der Waals surface area contributed by atoms with Gasteiger partial charge in [0.15, 0.2) is 0 Å². The molecule has 0 aromatic carbocycles. The van der Waals surface area contributed by atoms with Crippen LogP contribution >= 0.6 is 0 Å². The molecule has 1 aromatic rings. The summed E-state index contributed by atoms with van der Waals surface area (Å²) >= 11 is 0. The third-order valence-electron chi connectivity index (χ3n) is 4.01. The van der Waals surface area contributed by atoms with E-state index in [4.69, 9.17) is 4.74 Å². The summed E-state index contributed by atoms with van der Waals surface area (Å²) in [4.78, 5) is 11.0. The fourth-order valence-electron chi connectivity index (χ4n) is 2.95. The number of anilines is 1. The summed E-state index contributed by atoms with van der Waals surface area (Å²) in [6, 6.07) is 0. The Balaban J connectivity index is 1.97. The Morgan fingerprint density at radius 1 is 1.43 bits per heavy atom. The first-order valence-corrected chi connectivity index (χ1v) is 7.93. The summed E-state index contributed by atoms with van der Waals surface area (Å²) in [6.07, 6.45) is 4.12. The summed E-state index contributed by atoms with van der Waals surface area (Å²) in [5.41, 5.74) is 1.04. The lowest BCUT2D eigenvalue weighted by Gasteiger charge is -2.34. The number of ether oxygens (including phenoxy) is 1. The van der Waals surface area contributed by atoms with Crippen LogP contribution in [0.3, 0.4) is 0 Å². The van der Waals surface area contributed by atoms with Crippen molar-refractivity contribution in [1.29, 1.82) is 0 Å². The zero-order valence-electron chi connectivity index (χ0n) is 13.7. The molecule has 0 aliphatic carbocycles. The number of piperidine rings is 1. The number of aromatic nitrogens is 2. The largest absolute Gasteiger partial charge is 0.481 e. The van der Waals surface area contributed by atoms with Gasteiger partial charge in [-0.1, -0.05) is 13.8 Å². The molecule has 1 unspecified atom stereocenters. The summed E-state index contributed by atoms with van der Waals surface area (Å²) in [5, 5.41) is 3.58. The molecule has 0 radical (unpaired) electrons. The van der Waals surface area contributed by atoms with E-state index < -0.39 is 0 Å². The normalized spacial score (nSPS) is 19.1. The minimum atomic E-state index is 0.681. The van der Waals surface area contributed by atoms with Crippen molar-refractivity contribution in [3.8, 4) is 5.88 Å². The molecule has 0 spiro atoms. The molecule has 0 amide bonds. The fourth-order valence-corrected chi connectivity index (χ4v) is 2.95. The van der Waals surface area contributed by atoms with Gasteiger partial charge in [-0.2, -0.15) is 0 Å². The average Bonchev–Trinajstić information content (AvgIpc) is 2.47. The zero-order chi connectivity index (χ0) is 15.2. The standard InChI is InChI=1S/C16H28N4O/c1-12(2)8-17-9-14-6-5-7-20(10-14)15-13(3)16(21-4)19-11-18-15/h11-12,14,17H,5-10H2,1-4H3. The third-order valence-corrected chi connectivity index (χ3v) is 4.01. The molecular formula is C16H28N4O. The highest BCUT2D eigenvalue weighted by molar-refractivity contribution is 5.50. The van der Waals surface area contributed by atoms with Crippen molar-refractivity contribution < 1.29 is 4.74 Å². The van der Waals surface area contributed by atoms with Crippen LogP contribution in [-0.2, 0) is 0 Å². The van der Waals surface area contributed by atoms with E-state index in [1.165, 1.54) is 12.8 Å². The smallest absolute Gasteiger partial charge is 0.221 e. The topological polar surface area (TPSA) is 50.3 Å². The molecule has 1 aromatic heterocycles. The monoisotopic (exact) mass is 292 g/mol. The Hall–Kier alpha value is -1.36. The van der Waals surface area contributed by atoms with Gasteiger partial charge in [0.1, 0.15) is 12.1 Å². The van der Waals surface area contributed by atoms with Gasteiger partial charge in [-0.3, -0.25) is 0 Å². The van der Waals surface area contributed by atoms with Gasteiger partial charge < -0.3 is 15.0 Å². The van der Waals surface area contributed by atoms with Crippen molar-refractivity contribution in [2.75, 3.05) is 38.2 Å². The quantitative estimate of drug-likeness (QED) is 0.871. The van der Waals surface area contributed by atoms with Gasteiger partial charge in [0.25, 0.3) is 0 Å². The van der Waals surface area contributed by atoms with E-state index in [9.17, 15) is 0 Å². The summed E-state index contributed by atoms with van der Waals surface area (Å²) in [6.45, 7) is 10.8. The van der Waals surface area contributed by atoms with Crippen molar-refractivity contribution in [2.45, 2.75) is 33.6 Å². The van der Waals surface area contributed by atoms with Crippen molar-refractivity contribution in [3.05, 3.63) is 11.9 Å². The molecule has 1 fully saturated rings. The van der Waals surface area contributed by atoms with Crippen molar-refractivity contribution >= 4 is 5.82 Å². The maximum absolute atomic E-state index is 5.30. The average molecular weight is 292 g/mol. The number of rotatable bonds is 6. The zero-order valence-corrected chi connectivity index (χ0v) is 13.7. The van der Waals surface area contributed by atoms with Crippen LogP contribution in [0.4, 0.5) is 5.82 Å². The second kappa shape index (κ2) is 7.59. The maximum atomic E-state index is 5.30. The first-order valence-electron chi connectivity index (χ1n) is 7.93. The Bertz CT molecular complexity index is 450. The van der Waals surface area contributed by atoms with Crippen LogP contribution in [0.2, 0.25) is 0 Å². The molecule has 1 aliphatic heterocycles. The first kappa shape index (κ1) is 16.0. The summed E-state index contributed by atoms with van der Waals surface area (Å²) in [5.74, 6) is 3.10. The molecule has 0 bridgehead atoms. The lowest BCUT2D eigenvalue weighted by atomic mass is 9.97. The van der Waals surface area contributed by atoms with Crippen LogP contribution in [0.1, 0.15) is 32.3 Å². The van der Waals surface area contributed by atoms with E-state index >= 15 is 0 Å². The Morgan fingerprint density at radius 3 is 2.95 bits per heavy atom. The molecule has 21 heavy (non-hydrogen) atoms. The van der Waals surface area contributed by atoms with Crippen molar-refractivity contribution in [2.24, 2.45) is 11.8 Å². The van der Waals surface area contributed by atoms with Crippen molar-refractivity contribution in [1.82, 2.24) is 15.3 Å². The molecule has 5 heteroatoms. The molecule has 2 rings (SSSR count). The lowest BCUT2D eigenvalue weighted by Crippen LogP contribution is -2.41. The number of nitrogens with zero attached hydrogens (tertiary/aromatic N) is 3. The molecule has 1 atom stereocenters. The minimum absolute atomic E-state index is 0.681. The SMILES string of the molecule is COc1ncnc(N2CCCC(CNCC(C)C)C2)c1C. The second-order valence-electron chi connectivity index (χ2n) is 6.34. The molecule has 1 N–H and O–H groups in total. The Labute approximate surface area is 128 Å². The number of methoxy groups -OCH3 is 1. The van der Waals surface area contributed by atoms with Crippen LogP contribution in [0, 0.1) is 18.8 Å². The lowest BCUT2D eigenvalue weighted by molar-refractivity contribution is 0.377. The van der Waals surface area contributed by atoms with E-state index in [2.05, 4.69) is 34.0 Å². The highest BCUT2D eigenvalue weighted by Gasteiger charge is 2.23. The van der Waals surface area contributed by atoms with Crippen LogP contribution < -0.4 is 15.0 Å². The molecule has 5 nitrogen and oxygen atoms in total. The van der Waals surface area contributed by atoms with Crippen LogP contribution in [-0.4, -0.2) is 43.3 Å². The van der Waals surface area contributed by atoms with Gasteiger partial charge in [-0.05, 0) is 44.7 Å². The summed E-state index contributed by atoms with van der Waals surface area (Å²) in [7, 11) is 1.66. The second-order valence-corrected chi connectivity index (χ2v) is 6.34. The first-order chi connectivity index (χ1) is 10.1. The van der Waals surface area contributed by atoms with Crippen LogP contribution in [0.5, 0.6) is 5.88 Å². The molecule has 0 saturated carbocycles. The van der Waals surface area contributed by atoms with E-state index in [1.807, 2.05) is 6.92 Å². The van der Waals surface area contributed by atoms with E-state index in [1.54, 1.807) is 13.4 Å². The van der Waals surface area contributed by atoms with Crippen LogP contribution in [0.15, 0.2) is 6.33 Å². The Kier molecular flexibility index (Phi) is 5.79. The minimum Gasteiger partial charge on any atom is -0.481 e. The molecule has 1 aliphatic rings. The number of hydrogen-bond acceptors (Lipinski definition) is 5. The molecule has 1 saturated heterocycles. The highest BCUT2D eigenvalue weighted by atomic mass is 16.5. The third kappa shape index (κ3) is 4.30. The van der Waals surface area contributed by atoms with E-state index in [0.717, 1.165) is 37.6 Å². The molecular weight excluding hydrogens is 264 g/mol. The number of hydrogen-bond donors (Lipinski definition) is 1. The molecule has 118 valence electrons. The van der Waals surface area contributed by atoms with E-state index in [0.29, 0.717) is 17.7 Å². The van der Waals surface area contributed by atoms with Gasteiger partial charge in [0.05, 0.1) is 12.7 Å².